The van der Waals surface area contributed by atoms with Crippen LogP contribution in [0.25, 0.3) is 0 Å². The lowest BCUT2D eigenvalue weighted by Crippen LogP contribution is -2.47. The first-order chi connectivity index (χ1) is 12.8. The molecule has 0 spiro atoms. The molecule has 0 radical (unpaired) electrons. The first-order valence-electron chi connectivity index (χ1n) is 9.21. The van der Waals surface area contributed by atoms with Crippen LogP contribution < -0.4 is 0 Å². The van der Waals surface area contributed by atoms with Gasteiger partial charge in [0.05, 0.1) is 11.8 Å². The lowest BCUT2D eigenvalue weighted by molar-refractivity contribution is -0.129. The zero-order valence-corrected chi connectivity index (χ0v) is 16.9. The molecule has 1 aliphatic rings. The van der Waals surface area contributed by atoms with Gasteiger partial charge in [-0.05, 0) is 37.5 Å². The molecule has 146 valence electrons. The summed E-state index contributed by atoms with van der Waals surface area (Å²) in [7, 11) is 3.48. The number of benzene rings is 1. The predicted molar refractivity (Wildman–Crippen MR) is 105 cm³/mol. The van der Waals surface area contributed by atoms with Crippen molar-refractivity contribution in [1.29, 1.82) is 0 Å². The number of halogens is 1. The van der Waals surface area contributed by atoms with Gasteiger partial charge in [0, 0.05) is 50.0 Å². The fraction of sp³-hybridized carbons (Fsp3) is 0.500. The van der Waals surface area contributed by atoms with Crippen molar-refractivity contribution in [1.82, 2.24) is 19.6 Å². The minimum Gasteiger partial charge on any atom is -0.385 e. The second-order valence-corrected chi connectivity index (χ2v) is 8.09. The van der Waals surface area contributed by atoms with Gasteiger partial charge in [0.15, 0.2) is 0 Å². The number of nitrogens with zero attached hydrogens (tertiary/aromatic N) is 4. The molecule has 0 unspecified atom stereocenters. The Morgan fingerprint density at radius 1 is 1.44 bits per heavy atom. The predicted octanol–water partition coefficient (Wildman–Crippen LogP) is 2.50. The quantitative estimate of drug-likeness (QED) is 0.852. The summed E-state index contributed by atoms with van der Waals surface area (Å²) in [6.07, 6.45) is 5.05. The van der Waals surface area contributed by atoms with Gasteiger partial charge in [0.1, 0.15) is 6.54 Å². The van der Waals surface area contributed by atoms with Crippen molar-refractivity contribution >= 4 is 17.5 Å². The zero-order valence-electron chi connectivity index (χ0n) is 16.1. The average molecular weight is 391 g/mol. The Morgan fingerprint density at radius 3 is 2.89 bits per heavy atom. The van der Waals surface area contributed by atoms with Gasteiger partial charge in [-0.2, -0.15) is 5.10 Å². The number of hydrogen-bond donors (Lipinski definition) is 1. The monoisotopic (exact) mass is 390 g/mol. The second kappa shape index (κ2) is 8.00. The Kier molecular flexibility index (Phi) is 5.89. The number of aliphatic hydroxyl groups is 1. The summed E-state index contributed by atoms with van der Waals surface area (Å²) < 4.78 is 1.68. The van der Waals surface area contributed by atoms with E-state index < -0.39 is 5.60 Å². The summed E-state index contributed by atoms with van der Waals surface area (Å²) in [4.78, 5) is 15.7. The van der Waals surface area contributed by atoms with Crippen LogP contribution in [-0.4, -0.2) is 57.3 Å². The Balaban J connectivity index is 1.62. The molecule has 1 saturated heterocycles. The minimum absolute atomic E-state index is 0.0163. The number of likely N-dealkylation sites (tertiary alicyclic amines) is 1. The van der Waals surface area contributed by atoms with E-state index in [1.165, 1.54) is 0 Å². The third-order valence-corrected chi connectivity index (χ3v) is 5.53. The number of carbonyl (C=O) groups excluding carboxylic acids is 1. The molecule has 1 amide bonds. The van der Waals surface area contributed by atoms with Gasteiger partial charge >= 0.3 is 0 Å². The van der Waals surface area contributed by atoms with Crippen molar-refractivity contribution in [2.75, 3.05) is 20.6 Å². The number of rotatable bonds is 5. The third-order valence-electron chi connectivity index (χ3n) is 5.30. The molecule has 7 heteroatoms. The lowest BCUT2D eigenvalue weighted by Gasteiger charge is -2.43. The van der Waals surface area contributed by atoms with E-state index in [4.69, 9.17) is 11.6 Å². The van der Waals surface area contributed by atoms with Crippen LogP contribution in [-0.2, 0) is 23.5 Å². The standard InChI is InChI=1S/C20H27ClN4O2/c1-15-10-20(27,17-5-4-6-18(21)9-17)7-8-24(15)12-16-11-22-25(13-16)14-19(26)23(2)3/h4-6,9,11,13,15,27H,7-8,10,12,14H2,1-3H3/t15-,20+/m0/s1. The number of amides is 1. The van der Waals surface area contributed by atoms with E-state index in [9.17, 15) is 9.90 Å². The van der Waals surface area contributed by atoms with Crippen LogP contribution >= 0.6 is 11.6 Å². The topological polar surface area (TPSA) is 61.6 Å². The van der Waals surface area contributed by atoms with E-state index >= 15 is 0 Å². The molecule has 0 bridgehead atoms. The van der Waals surface area contributed by atoms with Crippen LogP contribution in [0.15, 0.2) is 36.7 Å². The van der Waals surface area contributed by atoms with E-state index in [1.54, 1.807) is 23.7 Å². The Hall–Kier alpha value is -1.89. The summed E-state index contributed by atoms with van der Waals surface area (Å²) in [6, 6.07) is 7.73. The van der Waals surface area contributed by atoms with Gasteiger partial charge < -0.3 is 10.0 Å². The highest BCUT2D eigenvalue weighted by molar-refractivity contribution is 6.30. The molecular formula is C20H27ClN4O2. The molecule has 1 aromatic carbocycles. The Bertz CT molecular complexity index is 807. The van der Waals surface area contributed by atoms with Crippen molar-refractivity contribution < 1.29 is 9.90 Å². The molecule has 0 saturated carbocycles. The third kappa shape index (κ3) is 4.69. The molecule has 2 atom stereocenters. The van der Waals surface area contributed by atoms with Crippen LogP contribution in [0.5, 0.6) is 0 Å². The van der Waals surface area contributed by atoms with Crippen molar-refractivity contribution in [3.63, 3.8) is 0 Å². The largest absolute Gasteiger partial charge is 0.385 e. The summed E-state index contributed by atoms with van der Waals surface area (Å²) in [5, 5.41) is 16.1. The number of likely N-dealkylation sites (N-methyl/N-ethyl adjacent to an activating group) is 1. The second-order valence-electron chi connectivity index (χ2n) is 7.65. The number of carbonyl (C=O) groups is 1. The molecule has 0 aliphatic carbocycles. The number of hydrogen-bond acceptors (Lipinski definition) is 4. The molecule has 27 heavy (non-hydrogen) atoms. The zero-order chi connectivity index (χ0) is 19.6. The average Bonchev–Trinajstić information content (AvgIpc) is 3.04. The maximum absolute atomic E-state index is 11.8. The van der Waals surface area contributed by atoms with Gasteiger partial charge in [-0.15, -0.1) is 0 Å². The van der Waals surface area contributed by atoms with E-state index in [2.05, 4.69) is 16.9 Å². The maximum Gasteiger partial charge on any atom is 0.243 e. The van der Waals surface area contributed by atoms with Gasteiger partial charge in [0.2, 0.25) is 5.91 Å². The van der Waals surface area contributed by atoms with Crippen molar-refractivity contribution in [2.45, 2.75) is 44.5 Å². The lowest BCUT2D eigenvalue weighted by atomic mass is 9.81. The van der Waals surface area contributed by atoms with Gasteiger partial charge in [0.25, 0.3) is 0 Å². The summed E-state index contributed by atoms with van der Waals surface area (Å²) in [5.41, 5.74) is 1.11. The molecule has 1 aliphatic heterocycles. The molecule has 3 rings (SSSR count). The SMILES string of the molecule is C[C@H]1C[C@@](O)(c2cccc(Cl)c2)CCN1Cc1cnn(CC(=O)N(C)C)c1. The van der Waals surface area contributed by atoms with Crippen LogP contribution in [0, 0.1) is 0 Å². The number of piperidine rings is 1. The van der Waals surface area contributed by atoms with Gasteiger partial charge in [-0.1, -0.05) is 23.7 Å². The summed E-state index contributed by atoms with van der Waals surface area (Å²) in [6.45, 7) is 3.92. The van der Waals surface area contributed by atoms with Crippen molar-refractivity contribution in [3.05, 3.63) is 52.8 Å². The highest BCUT2D eigenvalue weighted by atomic mass is 35.5. The van der Waals surface area contributed by atoms with Crippen molar-refractivity contribution in [2.24, 2.45) is 0 Å². The van der Waals surface area contributed by atoms with Crippen LogP contribution in [0.1, 0.15) is 30.9 Å². The Labute approximate surface area is 165 Å². The molecule has 1 N–H and O–H groups in total. The van der Waals surface area contributed by atoms with Crippen molar-refractivity contribution in [3.8, 4) is 0 Å². The van der Waals surface area contributed by atoms with Gasteiger partial charge in [-0.25, -0.2) is 0 Å². The summed E-state index contributed by atoms with van der Waals surface area (Å²) in [5.74, 6) is 0.0163. The van der Waals surface area contributed by atoms with E-state index in [-0.39, 0.29) is 18.5 Å². The molecule has 6 nitrogen and oxygen atoms in total. The maximum atomic E-state index is 11.8. The van der Waals surface area contributed by atoms with E-state index in [1.807, 2.05) is 36.7 Å². The molecule has 2 heterocycles. The first-order valence-corrected chi connectivity index (χ1v) is 9.58. The van der Waals surface area contributed by atoms with E-state index in [0.29, 0.717) is 17.9 Å². The highest BCUT2D eigenvalue weighted by Gasteiger charge is 2.37. The highest BCUT2D eigenvalue weighted by Crippen LogP contribution is 2.37. The minimum atomic E-state index is -0.844. The molecule has 1 aromatic heterocycles. The van der Waals surface area contributed by atoms with Crippen LogP contribution in [0.3, 0.4) is 0 Å². The molecule has 1 fully saturated rings. The van der Waals surface area contributed by atoms with Crippen LogP contribution in [0.2, 0.25) is 5.02 Å². The normalized spacial score (nSPS) is 23.4. The smallest absolute Gasteiger partial charge is 0.243 e. The molecular weight excluding hydrogens is 364 g/mol. The van der Waals surface area contributed by atoms with Crippen LogP contribution in [0.4, 0.5) is 0 Å². The Morgan fingerprint density at radius 2 is 2.22 bits per heavy atom. The first kappa shape index (κ1) is 19.9. The fourth-order valence-electron chi connectivity index (χ4n) is 3.63. The summed E-state index contributed by atoms with van der Waals surface area (Å²) >= 11 is 6.10. The van der Waals surface area contributed by atoms with E-state index in [0.717, 1.165) is 24.2 Å². The fourth-order valence-corrected chi connectivity index (χ4v) is 3.82. The number of aromatic nitrogens is 2. The molecule has 2 aromatic rings. The van der Waals surface area contributed by atoms with Gasteiger partial charge in [-0.3, -0.25) is 14.4 Å².